The van der Waals surface area contributed by atoms with Crippen LogP contribution in [0.3, 0.4) is 0 Å². The van der Waals surface area contributed by atoms with Crippen molar-refractivity contribution in [2.45, 2.75) is 39.3 Å². The zero-order chi connectivity index (χ0) is 12.5. The van der Waals surface area contributed by atoms with Crippen molar-refractivity contribution in [3.05, 3.63) is 47.4 Å². The quantitative estimate of drug-likeness (QED) is 0.880. The van der Waals surface area contributed by atoms with Crippen molar-refractivity contribution in [1.29, 1.82) is 0 Å². The van der Waals surface area contributed by atoms with Crippen molar-refractivity contribution in [1.82, 2.24) is 5.32 Å². The fraction of sp³-hybridized carbons (Fsp3) is 0.375. The molecule has 1 saturated carbocycles. The van der Waals surface area contributed by atoms with Gasteiger partial charge in [-0.1, -0.05) is 23.8 Å². The van der Waals surface area contributed by atoms with Crippen LogP contribution in [0.5, 0.6) is 0 Å². The summed E-state index contributed by atoms with van der Waals surface area (Å²) in [7, 11) is 0. The first-order chi connectivity index (χ1) is 8.74. The number of furan rings is 1. The molecule has 18 heavy (non-hydrogen) atoms. The molecule has 1 heterocycles. The molecule has 1 aromatic heterocycles. The molecule has 1 N–H and O–H groups in total. The number of hydrogen-bond donors (Lipinski definition) is 1. The lowest BCUT2D eigenvalue weighted by molar-refractivity contribution is 0.483. The van der Waals surface area contributed by atoms with Gasteiger partial charge >= 0.3 is 0 Å². The molecule has 1 fully saturated rings. The molecule has 1 aromatic carbocycles. The third-order valence-electron chi connectivity index (χ3n) is 3.56. The van der Waals surface area contributed by atoms with E-state index in [-0.39, 0.29) is 0 Å². The fourth-order valence-electron chi connectivity index (χ4n) is 2.27. The van der Waals surface area contributed by atoms with E-state index in [9.17, 15) is 0 Å². The minimum absolute atomic E-state index is 0.710. The van der Waals surface area contributed by atoms with Crippen LogP contribution in [-0.2, 0) is 6.54 Å². The fourth-order valence-corrected chi connectivity index (χ4v) is 2.27. The van der Waals surface area contributed by atoms with Crippen LogP contribution in [0.4, 0.5) is 0 Å². The Balaban J connectivity index is 1.90. The first kappa shape index (κ1) is 11.5. The van der Waals surface area contributed by atoms with Gasteiger partial charge in [0.05, 0.1) is 12.8 Å². The van der Waals surface area contributed by atoms with Gasteiger partial charge in [0.15, 0.2) is 0 Å². The Morgan fingerprint density at radius 1 is 1.17 bits per heavy atom. The summed E-state index contributed by atoms with van der Waals surface area (Å²) >= 11 is 0. The van der Waals surface area contributed by atoms with Crippen LogP contribution in [0.25, 0.3) is 11.1 Å². The molecule has 94 valence electrons. The van der Waals surface area contributed by atoms with Crippen molar-refractivity contribution in [2.24, 2.45) is 0 Å². The van der Waals surface area contributed by atoms with E-state index in [4.69, 9.17) is 4.42 Å². The molecule has 0 bridgehead atoms. The molecule has 2 nitrogen and oxygen atoms in total. The molecule has 3 rings (SSSR count). The number of aryl methyl sites for hydroxylation is 2. The van der Waals surface area contributed by atoms with Gasteiger partial charge in [-0.3, -0.25) is 0 Å². The van der Waals surface area contributed by atoms with Crippen molar-refractivity contribution >= 4 is 0 Å². The van der Waals surface area contributed by atoms with Gasteiger partial charge < -0.3 is 9.73 Å². The monoisotopic (exact) mass is 241 g/mol. The smallest absolute Gasteiger partial charge is 0.125 e. The number of nitrogens with one attached hydrogen (secondary N) is 1. The molecule has 0 unspecified atom stereocenters. The zero-order valence-electron chi connectivity index (χ0n) is 11.0. The van der Waals surface area contributed by atoms with E-state index >= 15 is 0 Å². The Bertz CT molecular complexity index is 552. The summed E-state index contributed by atoms with van der Waals surface area (Å²) in [6.45, 7) is 5.12. The van der Waals surface area contributed by atoms with Crippen LogP contribution in [-0.4, -0.2) is 6.04 Å². The normalized spacial score (nSPS) is 15.0. The summed E-state index contributed by atoms with van der Waals surface area (Å²) in [5.74, 6) is 1.05. The first-order valence-electron chi connectivity index (χ1n) is 6.61. The third-order valence-corrected chi connectivity index (χ3v) is 3.56. The van der Waals surface area contributed by atoms with Gasteiger partial charge in [0, 0.05) is 11.6 Å². The molecule has 1 aliphatic carbocycles. The summed E-state index contributed by atoms with van der Waals surface area (Å²) in [6.07, 6.45) is 4.40. The maximum Gasteiger partial charge on any atom is 0.125 e. The lowest BCUT2D eigenvalue weighted by Gasteiger charge is -2.08. The molecule has 0 saturated heterocycles. The minimum atomic E-state index is 0.710. The van der Waals surface area contributed by atoms with Crippen LogP contribution in [0.1, 0.15) is 29.7 Å². The van der Waals surface area contributed by atoms with Gasteiger partial charge in [-0.05, 0) is 43.9 Å². The summed E-state index contributed by atoms with van der Waals surface area (Å²) in [4.78, 5) is 0. The second kappa shape index (κ2) is 4.62. The highest BCUT2D eigenvalue weighted by Gasteiger charge is 2.21. The third kappa shape index (κ3) is 2.34. The Morgan fingerprint density at radius 3 is 2.78 bits per heavy atom. The second-order valence-corrected chi connectivity index (χ2v) is 5.23. The maximum absolute atomic E-state index is 5.63. The largest absolute Gasteiger partial charge is 0.467 e. The minimum Gasteiger partial charge on any atom is -0.467 e. The number of rotatable bonds is 4. The summed E-state index contributed by atoms with van der Waals surface area (Å²) in [6, 6.07) is 9.35. The van der Waals surface area contributed by atoms with E-state index in [1.54, 1.807) is 6.26 Å². The van der Waals surface area contributed by atoms with Gasteiger partial charge in [0.1, 0.15) is 5.76 Å². The van der Waals surface area contributed by atoms with Crippen molar-refractivity contribution in [3.8, 4) is 11.1 Å². The van der Waals surface area contributed by atoms with E-state index in [2.05, 4.69) is 43.4 Å². The number of hydrogen-bond acceptors (Lipinski definition) is 2. The Hall–Kier alpha value is -1.54. The average Bonchev–Trinajstić information content (AvgIpc) is 3.08. The van der Waals surface area contributed by atoms with Gasteiger partial charge in [-0.15, -0.1) is 0 Å². The lowest BCUT2D eigenvalue weighted by atomic mass is 9.99. The Labute approximate surface area is 108 Å². The highest BCUT2D eigenvalue weighted by atomic mass is 16.3. The molecule has 0 aliphatic heterocycles. The van der Waals surface area contributed by atoms with E-state index in [0.717, 1.165) is 12.3 Å². The van der Waals surface area contributed by atoms with Crippen LogP contribution in [0.2, 0.25) is 0 Å². The van der Waals surface area contributed by atoms with Crippen molar-refractivity contribution in [3.63, 3.8) is 0 Å². The van der Waals surface area contributed by atoms with Crippen molar-refractivity contribution in [2.75, 3.05) is 0 Å². The number of benzene rings is 1. The summed E-state index contributed by atoms with van der Waals surface area (Å²) < 4.78 is 5.63. The molecular formula is C16H19NO. The van der Waals surface area contributed by atoms with Crippen LogP contribution in [0.15, 0.2) is 34.9 Å². The van der Waals surface area contributed by atoms with Crippen LogP contribution < -0.4 is 5.32 Å². The van der Waals surface area contributed by atoms with Gasteiger partial charge in [0.25, 0.3) is 0 Å². The highest BCUT2D eigenvalue weighted by Crippen LogP contribution is 2.29. The summed E-state index contributed by atoms with van der Waals surface area (Å²) in [5, 5.41) is 3.51. The van der Waals surface area contributed by atoms with Gasteiger partial charge in [-0.2, -0.15) is 0 Å². The topological polar surface area (TPSA) is 25.2 Å². The van der Waals surface area contributed by atoms with E-state index in [1.165, 1.54) is 35.1 Å². The average molecular weight is 241 g/mol. The SMILES string of the molecule is Cc1ccc(C)c(-c2ccoc2CNC2CC2)c1. The van der Waals surface area contributed by atoms with E-state index < -0.39 is 0 Å². The second-order valence-electron chi connectivity index (χ2n) is 5.23. The molecule has 0 spiro atoms. The Morgan fingerprint density at radius 2 is 2.00 bits per heavy atom. The molecule has 0 radical (unpaired) electrons. The molecule has 1 aliphatic rings. The lowest BCUT2D eigenvalue weighted by Crippen LogP contribution is -2.15. The van der Waals surface area contributed by atoms with Gasteiger partial charge in [0.2, 0.25) is 0 Å². The predicted octanol–water partition coefficient (Wildman–Crippen LogP) is 3.82. The van der Waals surface area contributed by atoms with Crippen LogP contribution in [0, 0.1) is 13.8 Å². The summed E-state index contributed by atoms with van der Waals surface area (Å²) in [5.41, 5.74) is 5.10. The van der Waals surface area contributed by atoms with Crippen molar-refractivity contribution < 1.29 is 4.42 Å². The molecule has 2 heteroatoms. The van der Waals surface area contributed by atoms with Crippen LogP contribution >= 0.6 is 0 Å². The molecule has 2 aromatic rings. The zero-order valence-corrected chi connectivity index (χ0v) is 11.0. The molecule has 0 atom stereocenters. The van der Waals surface area contributed by atoms with E-state index in [0.29, 0.717) is 6.04 Å². The highest BCUT2D eigenvalue weighted by molar-refractivity contribution is 5.69. The Kier molecular flexibility index (Phi) is 2.96. The molecule has 0 amide bonds. The standard InChI is InChI=1S/C16H19NO/c1-11-3-4-12(2)15(9-11)14-7-8-18-16(14)10-17-13-5-6-13/h3-4,7-9,13,17H,5-6,10H2,1-2H3. The first-order valence-corrected chi connectivity index (χ1v) is 6.61. The van der Waals surface area contributed by atoms with Gasteiger partial charge in [-0.25, -0.2) is 0 Å². The predicted molar refractivity (Wildman–Crippen MR) is 73.5 cm³/mol. The molecular weight excluding hydrogens is 222 g/mol. The van der Waals surface area contributed by atoms with E-state index in [1.807, 2.05) is 0 Å². The maximum atomic E-state index is 5.63.